The van der Waals surface area contributed by atoms with E-state index in [0.29, 0.717) is 6.42 Å². The van der Waals surface area contributed by atoms with E-state index in [2.05, 4.69) is 10.3 Å². The van der Waals surface area contributed by atoms with E-state index in [4.69, 9.17) is 26.2 Å². The van der Waals surface area contributed by atoms with Gasteiger partial charge in [-0.3, -0.25) is 4.79 Å². The minimum Gasteiger partial charge on any atom is -0.508 e. The Labute approximate surface area is 207 Å². The Hall–Kier alpha value is -3.85. The maximum Gasteiger partial charge on any atom is 0.328 e. The summed E-state index contributed by atoms with van der Waals surface area (Å²) >= 11 is 5.35. The molecule has 0 radical (unpaired) electrons. The van der Waals surface area contributed by atoms with Crippen LogP contribution in [0.5, 0.6) is 17.2 Å². The van der Waals surface area contributed by atoms with E-state index >= 15 is 0 Å². The number of esters is 1. The van der Waals surface area contributed by atoms with Gasteiger partial charge in [-0.2, -0.15) is 0 Å². The number of hydrogen-bond donors (Lipinski definition) is 3. The van der Waals surface area contributed by atoms with Crippen LogP contribution in [0.15, 0.2) is 60.8 Å². The standard InChI is InChI=1S/C19H22N2O5.C6H4ClFO/c1-12(11-14-7-5-4-6-8-14)26-19(24)13(2)21-18(23)16-17(22)15(25-3)9-10-20-16;7-4-1-5(8)3-6(9)2-4/h4-10,12-13,22H,11H2,1-3H3,(H,21,23);1-3,9H/t12?,13-;/m0./s1. The van der Waals surface area contributed by atoms with Gasteiger partial charge in [0.15, 0.2) is 17.2 Å². The summed E-state index contributed by atoms with van der Waals surface area (Å²) in [6.07, 6.45) is 1.57. The number of nitrogens with zero attached hydrogens (tertiary/aromatic N) is 1. The van der Waals surface area contributed by atoms with Crippen molar-refractivity contribution in [3.8, 4) is 17.2 Å². The van der Waals surface area contributed by atoms with Crippen LogP contribution in [0.2, 0.25) is 5.02 Å². The number of hydrogen-bond acceptors (Lipinski definition) is 7. The number of aromatic nitrogens is 1. The summed E-state index contributed by atoms with van der Waals surface area (Å²) in [4.78, 5) is 28.2. The Morgan fingerprint density at radius 3 is 2.40 bits per heavy atom. The van der Waals surface area contributed by atoms with Crippen molar-refractivity contribution in [2.75, 3.05) is 7.11 Å². The van der Waals surface area contributed by atoms with Crippen molar-refractivity contribution in [3.63, 3.8) is 0 Å². The van der Waals surface area contributed by atoms with Gasteiger partial charge in [0.2, 0.25) is 0 Å². The number of benzene rings is 2. The lowest BCUT2D eigenvalue weighted by Gasteiger charge is -2.18. The molecule has 0 saturated heterocycles. The molecule has 3 N–H and O–H groups in total. The number of carbonyl (C=O) groups excluding carboxylic acids is 2. The van der Waals surface area contributed by atoms with Gasteiger partial charge in [-0.05, 0) is 31.5 Å². The third kappa shape index (κ3) is 8.78. The van der Waals surface area contributed by atoms with Crippen molar-refractivity contribution in [2.24, 2.45) is 0 Å². The van der Waals surface area contributed by atoms with Crippen molar-refractivity contribution in [3.05, 3.63) is 82.9 Å². The summed E-state index contributed by atoms with van der Waals surface area (Å²) in [6.45, 7) is 3.29. The molecule has 1 unspecified atom stereocenters. The number of rotatable bonds is 7. The zero-order valence-electron chi connectivity index (χ0n) is 19.4. The molecule has 0 spiro atoms. The average molecular weight is 505 g/mol. The van der Waals surface area contributed by atoms with Crippen LogP contribution >= 0.6 is 11.6 Å². The molecule has 3 rings (SSSR count). The lowest BCUT2D eigenvalue weighted by atomic mass is 10.1. The van der Waals surface area contributed by atoms with E-state index in [-0.39, 0.29) is 34.1 Å². The third-order valence-electron chi connectivity index (χ3n) is 4.55. The van der Waals surface area contributed by atoms with Crippen molar-refractivity contribution in [1.29, 1.82) is 0 Å². The van der Waals surface area contributed by atoms with E-state index in [0.717, 1.165) is 17.7 Å². The fourth-order valence-corrected chi connectivity index (χ4v) is 3.13. The summed E-state index contributed by atoms with van der Waals surface area (Å²) in [5.41, 5.74) is 0.830. The molecule has 2 aromatic carbocycles. The molecule has 3 aromatic rings. The average Bonchev–Trinajstić information content (AvgIpc) is 2.79. The molecule has 0 saturated carbocycles. The maximum atomic E-state index is 12.2. The van der Waals surface area contributed by atoms with Crippen LogP contribution in [-0.2, 0) is 16.0 Å². The molecule has 1 aromatic heterocycles. The van der Waals surface area contributed by atoms with Crippen LogP contribution in [-0.4, -0.2) is 46.3 Å². The molecule has 8 nitrogen and oxygen atoms in total. The Balaban J connectivity index is 0.000000402. The number of pyridine rings is 1. The molecule has 1 amide bonds. The lowest BCUT2D eigenvalue weighted by Crippen LogP contribution is -2.41. The second-order valence-electron chi connectivity index (χ2n) is 7.47. The number of nitrogens with one attached hydrogen (secondary N) is 1. The Morgan fingerprint density at radius 1 is 1.11 bits per heavy atom. The highest BCUT2D eigenvalue weighted by atomic mass is 35.5. The first-order valence-electron chi connectivity index (χ1n) is 10.5. The van der Waals surface area contributed by atoms with Gasteiger partial charge in [-0.15, -0.1) is 0 Å². The zero-order chi connectivity index (χ0) is 26.0. The van der Waals surface area contributed by atoms with Crippen LogP contribution in [0, 0.1) is 5.82 Å². The SMILES string of the molecule is COc1ccnc(C(=O)N[C@@H](C)C(=O)OC(C)Cc2ccccc2)c1O.Oc1cc(F)cc(Cl)c1. The lowest BCUT2D eigenvalue weighted by molar-refractivity contribution is -0.150. The molecule has 0 aliphatic heterocycles. The molecule has 10 heteroatoms. The largest absolute Gasteiger partial charge is 0.508 e. The van der Waals surface area contributed by atoms with Gasteiger partial charge in [0, 0.05) is 29.8 Å². The van der Waals surface area contributed by atoms with Crippen molar-refractivity contribution >= 4 is 23.5 Å². The van der Waals surface area contributed by atoms with Crippen LogP contribution in [0.3, 0.4) is 0 Å². The summed E-state index contributed by atoms with van der Waals surface area (Å²) in [7, 11) is 1.37. The maximum absolute atomic E-state index is 12.2. The molecule has 0 aliphatic rings. The molecule has 0 bridgehead atoms. The monoisotopic (exact) mass is 504 g/mol. The first kappa shape index (κ1) is 27.4. The Morgan fingerprint density at radius 2 is 1.80 bits per heavy atom. The van der Waals surface area contributed by atoms with Gasteiger partial charge in [-0.1, -0.05) is 41.9 Å². The quantitative estimate of drug-likeness (QED) is 0.411. The summed E-state index contributed by atoms with van der Waals surface area (Å²) < 4.78 is 22.5. The topological polar surface area (TPSA) is 118 Å². The second kappa shape index (κ2) is 13.1. The minimum atomic E-state index is -0.895. The highest BCUT2D eigenvalue weighted by Gasteiger charge is 2.23. The first-order valence-corrected chi connectivity index (χ1v) is 10.9. The molecule has 1 heterocycles. The van der Waals surface area contributed by atoms with Crippen LogP contribution in [0.4, 0.5) is 4.39 Å². The number of carbonyl (C=O) groups is 2. The van der Waals surface area contributed by atoms with Crippen molar-refractivity contribution in [2.45, 2.75) is 32.4 Å². The number of aromatic hydroxyl groups is 2. The Kier molecular flexibility index (Phi) is 10.3. The van der Waals surface area contributed by atoms with Crippen molar-refractivity contribution in [1.82, 2.24) is 10.3 Å². The third-order valence-corrected chi connectivity index (χ3v) is 4.77. The van der Waals surface area contributed by atoms with E-state index in [1.54, 1.807) is 6.92 Å². The minimum absolute atomic E-state index is 0.122. The predicted octanol–water partition coefficient (Wildman–Crippen LogP) is 4.27. The smallest absolute Gasteiger partial charge is 0.328 e. The van der Waals surface area contributed by atoms with Crippen LogP contribution < -0.4 is 10.1 Å². The summed E-state index contributed by atoms with van der Waals surface area (Å²) in [5.74, 6) is -2.20. The fourth-order valence-electron chi connectivity index (χ4n) is 2.92. The summed E-state index contributed by atoms with van der Waals surface area (Å²) in [6, 6.07) is 13.6. The van der Waals surface area contributed by atoms with E-state index in [1.807, 2.05) is 30.3 Å². The number of amides is 1. The molecular formula is C25H26ClFN2O6. The van der Waals surface area contributed by atoms with E-state index < -0.39 is 23.7 Å². The number of methoxy groups -OCH3 is 1. The summed E-state index contributed by atoms with van der Waals surface area (Å²) in [5, 5.41) is 21.3. The van der Waals surface area contributed by atoms with Crippen molar-refractivity contribution < 1.29 is 33.7 Å². The van der Waals surface area contributed by atoms with Gasteiger partial charge in [0.1, 0.15) is 23.7 Å². The molecule has 2 atom stereocenters. The van der Waals surface area contributed by atoms with Gasteiger partial charge in [0.05, 0.1) is 7.11 Å². The van der Waals surface area contributed by atoms with E-state index in [9.17, 15) is 19.1 Å². The number of phenolic OH excluding ortho intramolecular Hbond substituents is 1. The van der Waals surface area contributed by atoms with Gasteiger partial charge >= 0.3 is 5.97 Å². The molecule has 35 heavy (non-hydrogen) atoms. The Bertz CT molecular complexity index is 1100. The molecule has 0 aliphatic carbocycles. The highest BCUT2D eigenvalue weighted by molar-refractivity contribution is 6.30. The van der Waals surface area contributed by atoms with Gasteiger partial charge in [0.25, 0.3) is 5.91 Å². The van der Waals surface area contributed by atoms with Crippen LogP contribution in [0.1, 0.15) is 29.9 Å². The fraction of sp³-hybridized carbons (Fsp3) is 0.240. The molecular weight excluding hydrogens is 479 g/mol. The van der Waals surface area contributed by atoms with Gasteiger partial charge < -0.3 is 25.0 Å². The van der Waals surface area contributed by atoms with Gasteiger partial charge in [-0.25, -0.2) is 14.2 Å². The number of halogens is 2. The predicted molar refractivity (Wildman–Crippen MR) is 128 cm³/mol. The van der Waals surface area contributed by atoms with E-state index in [1.165, 1.54) is 32.4 Å². The normalized spacial score (nSPS) is 11.9. The first-order chi connectivity index (χ1) is 16.6. The zero-order valence-corrected chi connectivity index (χ0v) is 20.1. The highest BCUT2D eigenvalue weighted by Crippen LogP contribution is 2.27. The second-order valence-corrected chi connectivity index (χ2v) is 7.91. The molecule has 0 fully saturated rings. The number of phenols is 1. The van der Waals surface area contributed by atoms with Crippen LogP contribution in [0.25, 0.3) is 0 Å². The molecule has 186 valence electrons. The number of ether oxygens (including phenoxy) is 2.